The fraction of sp³-hybridized carbons (Fsp3) is 0.333. The third-order valence-corrected chi connectivity index (χ3v) is 5.23. The first-order valence-electron chi connectivity index (χ1n) is 7.30. The molecule has 0 spiro atoms. The molecule has 20 heavy (non-hydrogen) atoms. The molecule has 0 bridgehead atoms. The molecule has 2 rings (SSSR count). The van der Waals surface area contributed by atoms with Crippen LogP contribution in [0.15, 0.2) is 60.7 Å². The van der Waals surface area contributed by atoms with E-state index in [1.54, 1.807) is 0 Å². The summed E-state index contributed by atoms with van der Waals surface area (Å²) in [6, 6.07) is 22.7. The minimum atomic E-state index is -0.528. The predicted octanol–water partition coefficient (Wildman–Crippen LogP) is 4.14. The lowest BCUT2D eigenvalue weighted by molar-refractivity contribution is 0.137. The van der Waals surface area contributed by atoms with Crippen LogP contribution >= 0.6 is 0 Å². The summed E-state index contributed by atoms with van der Waals surface area (Å²) in [4.78, 5) is 0. The summed E-state index contributed by atoms with van der Waals surface area (Å²) in [6.45, 7) is 6.42. The maximum Gasteiger partial charge on any atom is 0.163 e. The van der Waals surface area contributed by atoms with E-state index in [-0.39, 0.29) is 5.60 Å². The van der Waals surface area contributed by atoms with Crippen molar-refractivity contribution in [3.05, 3.63) is 71.8 Å². The monoisotopic (exact) mass is 284 g/mol. The Hall–Kier alpha value is -1.38. The molecule has 0 aliphatic carbocycles. The largest absolute Gasteiger partial charge is 0.419 e. The Morgan fingerprint density at radius 1 is 0.850 bits per heavy atom. The molecule has 0 aliphatic rings. The van der Waals surface area contributed by atoms with Crippen molar-refractivity contribution in [3.63, 3.8) is 0 Å². The van der Waals surface area contributed by atoms with Crippen molar-refractivity contribution in [2.24, 2.45) is 0 Å². The summed E-state index contributed by atoms with van der Waals surface area (Å²) in [5.41, 5.74) is 2.77. The van der Waals surface area contributed by atoms with Crippen LogP contribution in [0.4, 0.5) is 0 Å². The third-order valence-electron chi connectivity index (χ3n) is 3.35. The minimum Gasteiger partial charge on any atom is -0.419 e. The Kier molecular flexibility index (Phi) is 5.15. The molecule has 0 amide bonds. The first kappa shape index (κ1) is 15.0. The van der Waals surface area contributed by atoms with Crippen LogP contribution in [0.2, 0.25) is 6.04 Å². The second-order valence-electron chi connectivity index (χ2n) is 6.12. The van der Waals surface area contributed by atoms with Gasteiger partial charge in [0.2, 0.25) is 0 Å². The van der Waals surface area contributed by atoms with Gasteiger partial charge >= 0.3 is 0 Å². The van der Waals surface area contributed by atoms with Gasteiger partial charge in [-0.05, 0) is 37.9 Å². The number of rotatable bonds is 5. The van der Waals surface area contributed by atoms with Gasteiger partial charge in [-0.3, -0.25) is 0 Å². The van der Waals surface area contributed by atoms with Crippen LogP contribution in [0.25, 0.3) is 0 Å². The van der Waals surface area contributed by atoms with Crippen molar-refractivity contribution in [3.8, 4) is 0 Å². The van der Waals surface area contributed by atoms with E-state index >= 15 is 0 Å². The van der Waals surface area contributed by atoms with Crippen molar-refractivity contribution < 1.29 is 4.43 Å². The summed E-state index contributed by atoms with van der Waals surface area (Å²) in [7, 11) is -0.528. The van der Waals surface area contributed by atoms with E-state index in [0.717, 1.165) is 6.04 Å². The first-order chi connectivity index (χ1) is 9.56. The number of benzene rings is 2. The minimum absolute atomic E-state index is 0.00977. The Labute approximate surface area is 124 Å². The second-order valence-corrected chi connectivity index (χ2v) is 7.40. The van der Waals surface area contributed by atoms with Crippen molar-refractivity contribution >= 4 is 9.76 Å². The highest BCUT2D eigenvalue weighted by molar-refractivity contribution is 6.27. The molecular formula is C18H24OSi. The normalized spacial score (nSPS) is 12.4. The molecule has 0 aliphatic heterocycles. The lowest BCUT2D eigenvalue weighted by Crippen LogP contribution is -2.22. The fourth-order valence-corrected chi connectivity index (χ4v) is 4.01. The van der Waals surface area contributed by atoms with Gasteiger partial charge in [-0.2, -0.15) is 0 Å². The molecule has 0 aromatic heterocycles. The standard InChI is InChI=1S/C18H24OSi/c1-18(2,3)19-20-14-17(15-10-6-4-7-11-15)16-12-8-5-9-13-16/h4-13,17H,14,20H2,1-3H3. The van der Waals surface area contributed by atoms with Crippen molar-refractivity contribution in [1.82, 2.24) is 0 Å². The van der Waals surface area contributed by atoms with E-state index < -0.39 is 9.76 Å². The van der Waals surface area contributed by atoms with Gasteiger partial charge in [-0.25, -0.2) is 0 Å². The number of hydrogen-bond acceptors (Lipinski definition) is 1. The molecule has 0 unspecified atom stereocenters. The van der Waals surface area contributed by atoms with Gasteiger partial charge in [0.05, 0.1) is 0 Å². The lowest BCUT2D eigenvalue weighted by atomic mass is 9.93. The van der Waals surface area contributed by atoms with Crippen LogP contribution in [0.3, 0.4) is 0 Å². The molecular weight excluding hydrogens is 260 g/mol. The van der Waals surface area contributed by atoms with Gasteiger partial charge in [-0.1, -0.05) is 60.7 Å². The van der Waals surface area contributed by atoms with Crippen LogP contribution < -0.4 is 0 Å². The third kappa shape index (κ3) is 4.62. The number of hydrogen-bond donors (Lipinski definition) is 0. The van der Waals surface area contributed by atoms with Gasteiger partial charge in [0.25, 0.3) is 0 Å². The Balaban J connectivity index is 2.13. The molecule has 2 aromatic rings. The molecule has 0 heterocycles. The SMILES string of the molecule is CC(C)(C)O[SiH2]CC(c1ccccc1)c1ccccc1. The van der Waals surface area contributed by atoms with Gasteiger partial charge in [0.1, 0.15) is 0 Å². The maximum absolute atomic E-state index is 6.04. The summed E-state index contributed by atoms with van der Waals surface area (Å²) >= 11 is 0. The van der Waals surface area contributed by atoms with Gasteiger partial charge < -0.3 is 4.43 Å². The lowest BCUT2D eigenvalue weighted by Gasteiger charge is -2.23. The predicted molar refractivity (Wildman–Crippen MR) is 88.9 cm³/mol. The second kappa shape index (κ2) is 6.87. The Morgan fingerprint density at radius 2 is 1.30 bits per heavy atom. The summed E-state index contributed by atoms with van der Waals surface area (Å²) in [5.74, 6) is 0.464. The van der Waals surface area contributed by atoms with Gasteiger partial charge in [0.15, 0.2) is 9.76 Å². The summed E-state index contributed by atoms with van der Waals surface area (Å²) in [6.07, 6.45) is 0. The van der Waals surface area contributed by atoms with Crippen LogP contribution in [-0.2, 0) is 4.43 Å². The smallest absolute Gasteiger partial charge is 0.163 e. The topological polar surface area (TPSA) is 9.23 Å². The van der Waals surface area contributed by atoms with Crippen molar-refractivity contribution in [2.45, 2.75) is 38.3 Å². The molecule has 0 radical (unpaired) electrons. The zero-order chi connectivity index (χ0) is 14.4. The Bertz CT molecular complexity index is 462. The van der Waals surface area contributed by atoms with Gasteiger partial charge in [-0.15, -0.1) is 0 Å². The first-order valence-corrected chi connectivity index (χ1v) is 8.88. The molecule has 0 saturated carbocycles. The zero-order valence-electron chi connectivity index (χ0n) is 12.7. The molecule has 2 aromatic carbocycles. The van der Waals surface area contributed by atoms with Crippen molar-refractivity contribution in [1.29, 1.82) is 0 Å². The molecule has 2 heteroatoms. The van der Waals surface area contributed by atoms with E-state index in [9.17, 15) is 0 Å². The van der Waals surface area contributed by atoms with Gasteiger partial charge in [0, 0.05) is 11.5 Å². The quantitative estimate of drug-likeness (QED) is 0.750. The fourth-order valence-electron chi connectivity index (χ4n) is 2.38. The van der Waals surface area contributed by atoms with Crippen LogP contribution in [0.5, 0.6) is 0 Å². The molecule has 106 valence electrons. The van der Waals surface area contributed by atoms with E-state index in [1.807, 2.05) is 0 Å². The molecule has 1 nitrogen and oxygen atoms in total. The highest BCUT2D eigenvalue weighted by Crippen LogP contribution is 2.28. The average Bonchev–Trinajstić information content (AvgIpc) is 2.44. The molecule has 0 saturated heterocycles. The van der Waals surface area contributed by atoms with Crippen molar-refractivity contribution in [2.75, 3.05) is 0 Å². The highest BCUT2D eigenvalue weighted by Gasteiger charge is 2.16. The maximum atomic E-state index is 6.04. The highest BCUT2D eigenvalue weighted by atomic mass is 28.2. The van der Waals surface area contributed by atoms with E-state index in [4.69, 9.17) is 4.43 Å². The Morgan fingerprint density at radius 3 is 1.70 bits per heavy atom. The van der Waals surface area contributed by atoms with Crippen LogP contribution in [0, 0.1) is 0 Å². The summed E-state index contributed by atoms with van der Waals surface area (Å²) < 4.78 is 6.04. The van der Waals surface area contributed by atoms with E-state index in [1.165, 1.54) is 11.1 Å². The molecule has 0 N–H and O–H groups in total. The molecule has 0 atom stereocenters. The zero-order valence-corrected chi connectivity index (χ0v) is 14.1. The summed E-state index contributed by atoms with van der Waals surface area (Å²) in [5, 5.41) is 0. The van der Waals surface area contributed by atoms with Crippen LogP contribution in [0.1, 0.15) is 37.8 Å². The van der Waals surface area contributed by atoms with E-state index in [2.05, 4.69) is 81.4 Å². The molecule has 0 fully saturated rings. The van der Waals surface area contributed by atoms with E-state index in [0.29, 0.717) is 5.92 Å². The van der Waals surface area contributed by atoms with Crippen LogP contribution in [-0.4, -0.2) is 15.4 Å². The average molecular weight is 284 g/mol.